The normalized spacial score (nSPS) is 13.7. The molecule has 4 rings (SSSR count). The quantitative estimate of drug-likeness (QED) is 0.763. The van der Waals surface area contributed by atoms with E-state index in [1.165, 1.54) is 24.3 Å². The van der Waals surface area contributed by atoms with Gasteiger partial charge in [-0.25, -0.2) is 9.37 Å². The molecule has 1 heterocycles. The van der Waals surface area contributed by atoms with Gasteiger partial charge in [-0.05, 0) is 61.4 Å². The summed E-state index contributed by atoms with van der Waals surface area (Å²) in [5.41, 5.74) is 1.98. The first-order chi connectivity index (χ1) is 11.7. The Bertz CT molecular complexity index is 865. The molecule has 3 aromatic rings. The van der Waals surface area contributed by atoms with E-state index in [0.29, 0.717) is 17.2 Å². The summed E-state index contributed by atoms with van der Waals surface area (Å²) in [5.74, 6) is 1.37. The monoisotopic (exact) mass is 322 g/mol. The van der Waals surface area contributed by atoms with Crippen molar-refractivity contribution in [1.82, 2.24) is 4.98 Å². The third-order valence-electron chi connectivity index (χ3n) is 3.98. The minimum absolute atomic E-state index is 0.279. The molecular formula is C19H15FN2O2. The van der Waals surface area contributed by atoms with Crippen molar-refractivity contribution in [2.24, 2.45) is 0 Å². The summed E-state index contributed by atoms with van der Waals surface area (Å²) in [5, 5.41) is 2.78. The average Bonchev–Trinajstić information content (AvgIpc) is 3.33. The van der Waals surface area contributed by atoms with E-state index in [1.807, 2.05) is 12.1 Å². The van der Waals surface area contributed by atoms with E-state index in [4.69, 9.17) is 4.42 Å². The van der Waals surface area contributed by atoms with Crippen LogP contribution < -0.4 is 5.32 Å². The minimum Gasteiger partial charge on any atom is -0.440 e. The molecule has 1 aliphatic carbocycles. The average molecular weight is 322 g/mol. The van der Waals surface area contributed by atoms with Crippen LogP contribution in [0.15, 0.2) is 59.1 Å². The van der Waals surface area contributed by atoms with Crippen LogP contribution in [0.3, 0.4) is 0 Å². The summed E-state index contributed by atoms with van der Waals surface area (Å²) < 4.78 is 18.7. The molecule has 0 unspecified atom stereocenters. The van der Waals surface area contributed by atoms with Gasteiger partial charge in [-0.15, -0.1) is 0 Å². The second kappa shape index (κ2) is 5.92. The largest absolute Gasteiger partial charge is 0.440 e. The van der Waals surface area contributed by atoms with Gasteiger partial charge in [-0.2, -0.15) is 0 Å². The molecule has 1 fully saturated rings. The molecule has 1 saturated carbocycles. The van der Waals surface area contributed by atoms with Gasteiger partial charge in [0.2, 0.25) is 0 Å². The van der Waals surface area contributed by atoms with Gasteiger partial charge in [-0.1, -0.05) is 0 Å². The Kier molecular flexibility index (Phi) is 3.61. The Morgan fingerprint density at radius 3 is 2.46 bits per heavy atom. The van der Waals surface area contributed by atoms with Crippen LogP contribution in [0.5, 0.6) is 0 Å². The van der Waals surface area contributed by atoms with Crippen LogP contribution in [0.25, 0.3) is 11.3 Å². The maximum absolute atomic E-state index is 12.9. The summed E-state index contributed by atoms with van der Waals surface area (Å²) in [6, 6.07) is 12.8. The summed E-state index contributed by atoms with van der Waals surface area (Å²) in [7, 11) is 0. The minimum atomic E-state index is -0.367. The highest BCUT2D eigenvalue weighted by Crippen LogP contribution is 2.40. The van der Waals surface area contributed by atoms with Crippen LogP contribution in [0.1, 0.15) is 35.0 Å². The number of aromatic nitrogens is 1. The van der Waals surface area contributed by atoms with E-state index < -0.39 is 0 Å². The summed E-state index contributed by atoms with van der Waals surface area (Å²) in [6.45, 7) is 0. The van der Waals surface area contributed by atoms with Crippen molar-refractivity contribution in [3.8, 4) is 11.3 Å². The van der Waals surface area contributed by atoms with Gasteiger partial charge in [0.1, 0.15) is 5.82 Å². The van der Waals surface area contributed by atoms with Crippen LogP contribution >= 0.6 is 0 Å². The maximum Gasteiger partial charge on any atom is 0.255 e. The molecule has 0 radical (unpaired) electrons. The molecule has 4 nitrogen and oxygen atoms in total. The molecule has 2 aromatic carbocycles. The van der Waals surface area contributed by atoms with Crippen molar-refractivity contribution >= 4 is 11.6 Å². The Labute approximate surface area is 138 Å². The third kappa shape index (κ3) is 3.06. The number of rotatable bonds is 4. The van der Waals surface area contributed by atoms with Gasteiger partial charge in [0.05, 0.1) is 6.20 Å². The number of carbonyl (C=O) groups is 1. The lowest BCUT2D eigenvalue weighted by atomic mass is 10.1. The Morgan fingerprint density at radius 1 is 1.08 bits per heavy atom. The molecular weight excluding hydrogens is 307 g/mol. The molecule has 0 atom stereocenters. The fraction of sp³-hybridized carbons (Fsp3) is 0.158. The van der Waals surface area contributed by atoms with Crippen molar-refractivity contribution in [2.45, 2.75) is 18.8 Å². The molecule has 5 heteroatoms. The first kappa shape index (κ1) is 14.6. The first-order valence-corrected chi connectivity index (χ1v) is 7.82. The zero-order valence-corrected chi connectivity index (χ0v) is 12.8. The number of hydrogen-bond acceptors (Lipinski definition) is 3. The van der Waals surface area contributed by atoms with Crippen molar-refractivity contribution in [1.29, 1.82) is 0 Å². The van der Waals surface area contributed by atoms with Crippen LogP contribution in [-0.4, -0.2) is 10.9 Å². The van der Waals surface area contributed by atoms with E-state index in [0.717, 1.165) is 30.1 Å². The van der Waals surface area contributed by atoms with E-state index >= 15 is 0 Å². The molecule has 0 aliphatic heterocycles. The number of nitrogens with zero attached hydrogens (tertiary/aromatic N) is 1. The second-order valence-corrected chi connectivity index (χ2v) is 5.88. The standard InChI is InChI=1S/C19H15FN2O2/c20-15-7-3-13(4-8-15)18(23)22-16-9-5-12(6-10-16)17-11-21-19(24-17)14-1-2-14/h3-11,14H,1-2H2,(H,22,23). The summed E-state index contributed by atoms with van der Waals surface area (Å²) in [4.78, 5) is 16.4. The van der Waals surface area contributed by atoms with Gasteiger partial charge in [0, 0.05) is 22.7 Å². The zero-order chi connectivity index (χ0) is 16.5. The lowest BCUT2D eigenvalue weighted by Gasteiger charge is -2.06. The smallest absolute Gasteiger partial charge is 0.255 e. The second-order valence-electron chi connectivity index (χ2n) is 5.88. The Morgan fingerprint density at radius 2 is 1.79 bits per heavy atom. The highest BCUT2D eigenvalue weighted by atomic mass is 19.1. The molecule has 1 aliphatic rings. The van der Waals surface area contributed by atoms with E-state index in [1.54, 1.807) is 18.3 Å². The highest BCUT2D eigenvalue weighted by Gasteiger charge is 2.28. The van der Waals surface area contributed by atoms with Gasteiger partial charge < -0.3 is 9.73 Å². The SMILES string of the molecule is O=C(Nc1ccc(-c2cnc(C3CC3)o2)cc1)c1ccc(F)cc1. The predicted octanol–water partition coefficient (Wildman–Crippen LogP) is 4.61. The molecule has 1 aromatic heterocycles. The Hall–Kier alpha value is -2.95. The summed E-state index contributed by atoms with van der Waals surface area (Å²) in [6.07, 6.45) is 4.03. The molecule has 24 heavy (non-hydrogen) atoms. The predicted molar refractivity (Wildman–Crippen MR) is 88.3 cm³/mol. The molecule has 1 N–H and O–H groups in total. The van der Waals surface area contributed by atoms with E-state index in [-0.39, 0.29) is 11.7 Å². The number of amides is 1. The van der Waals surface area contributed by atoms with Crippen LogP contribution in [-0.2, 0) is 0 Å². The zero-order valence-electron chi connectivity index (χ0n) is 12.8. The molecule has 0 bridgehead atoms. The van der Waals surface area contributed by atoms with Gasteiger partial charge >= 0.3 is 0 Å². The third-order valence-corrected chi connectivity index (χ3v) is 3.98. The van der Waals surface area contributed by atoms with Crippen molar-refractivity contribution in [3.05, 3.63) is 72.0 Å². The van der Waals surface area contributed by atoms with E-state index in [2.05, 4.69) is 10.3 Å². The maximum atomic E-state index is 12.9. The summed E-state index contributed by atoms with van der Waals surface area (Å²) >= 11 is 0. The number of halogens is 1. The van der Waals surface area contributed by atoms with Crippen molar-refractivity contribution < 1.29 is 13.6 Å². The van der Waals surface area contributed by atoms with Crippen LogP contribution in [0, 0.1) is 5.82 Å². The van der Waals surface area contributed by atoms with Crippen molar-refractivity contribution in [3.63, 3.8) is 0 Å². The molecule has 120 valence electrons. The topological polar surface area (TPSA) is 55.1 Å². The fourth-order valence-electron chi connectivity index (χ4n) is 2.46. The van der Waals surface area contributed by atoms with Gasteiger partial charge in [-0.3, -0.25) is 4.79 Å². The number of nitrogens with one attached hydrogen (secondary N) is 1. The van der Waals surface area contributed by atoms with Crippen molar-refractivity contribution in [2.75, 3.05) is 5.32 Å². The number of carbonyl (C=O) groups excluding carboxylic acids is 1. The molecule has 1 amide bonds. The number of hydrogen-bond donors (Lipinski definition) is 1. The lowest BCUT2D eigenvalue weighted by Crippen LogP contribution is -2.11. The van der Waals surface area contributed by atoms with Crippen LogP contribution in [0.4, 0.5) is 10.1 Å². The first-order valence-electron chi connectivity index (χ1n) is 7.82. The number of benzene rings is 2. The van der Waals surface area contributed by atoms with Crippen LogP contribution in [0.2, 0.25) is 0 Å². The van der Waals surface area contributed by atoms with Gasteiger partial charge in [0.25, 0.3) is 5.91 Å². The number of anilines is 1. The molecule has 0 saturated heterocycles. The fourth-order valence-corrected chi connectivity index (χ4v) is 2.46. The van der Waals surface area contributed by atoms with Gasteiger partial charge in [0.15, 0.2) is 11.7 Å². The lowest BCUT2D eigenvalue weighted by molar-refractivity contribution is 0.102. The Balaban J connectivity index is 1.46. The van der Waals surface area contributed by atoms with E-state index in [9.17, 15) is 9.18 Å². The highest BCUT2D eigenvalue weighted by molar-refractivity contribution is 6.04. The molecule has 0 spiro atoms. The number of oxazole rings is 1.